The topological polar surface area (TPSA) is 41.0 Å². The second-order valence-corrected chi connectivity index (χ2v) is 7.37. The molecular weight excluding hydrogens is 373 g/mol. The lowest BCUT2D eigenvalue weighted by molar-refractivity contribution is -0.137. The first-order chi connectivity index (χ1) is 12.8. The summed E-state index contributed by atoms with van der Waals surface area (Å²) in [5, 5.41) is 3.57. The molecule has 0 saturated carbocycles. The number of hydrogen-bond donors (Lipinski definition) is 1. The van der Waals surface area contributed by atoms with Gasteiger partial charge in [-0.2, -0.15) is 13.2 Å². The molecule has 0 atom stereocenters. The van der Waals surface area contributed by atoms with Crippen molar-refractivity contribution in [3.63, 3.8) is 0 Å². The van der Waals surface area contributed by atoms with E-state index in [9.17, 15) is 13.2 Å². The largest absolute Gasteiger partial charge is 0.416 e. The number of nitrogens with one attached hydrogen (secondary N) is 1. The van der Waals surface area contributed by atoms with Crippen molar-refractivity contribution in [2.24, 2.45) is 0 Å². The first-order valence-electron chi connectivity index (χ1n) is 8.32. The maximum absolute atomic E-state index is 12.9. The lowest BCUT2D eigenvalue weighted by atomic mass is 10.1. The second-order valence-electron chi connectivity index (χ2n) is 6.29. The van der Waals surface area contributed by atoms with Crippen molar-refractivity contribution in [2.45, 2.75) is 12.6 Å². The van der Waals surface area contributed by atoms with E-state index in [2.05, 4.69) is 20.2 Å². The van der Waals surface area contributed by atoms with Crippen molar-refractivity contribution in [1.82, 2.24) is 14.9 Å². The fraction of sp³-hybridized carbons (Fsp3) is 0.263. The number of anilines is 2. The van der Waals surface area contributed by atoms with Gasteiger partial charge in [0.25, 0.3) is 0 Å². The van der Waals surface area contributed by atoms with Crippen LogP contribution in [0.25, 0.3) is 11.3 Å². The molecule has 27 heavy (non-hydrogen) atoms. The molecule has 1 aromatic carbocycles. The minimum Gasteiger partial charge on any atom is -0.332 e. The van der Waals surface area contributed by atoms with Gasteiger partial charge in [-0.05, 0) is 50.8 Å². The van der Waals surface area contributed by atoms with E-state index in [1.165, 1.54) is 17.4 Å². The average Bonchev–Trinajstić information content (AvgIpc) is 3.03. The number of pyridine rings is 1. The molecule has 2 heterocycles. The van der Waals surface area contributed by atoms with Crippen molar-refractivity contribution >= 4 is 22.2 Å². The first-order valence-corrected chi connectivity index (χ1v) is 9.13. The summed E-state index contributed by atoms with van der Waals surface area (Å²) < 4.78 is 38.8. The van der Waals surface area contributed by atoms with Gasteiger partial charge in [0.15, 0.2) is 5.13 Å². The summed E-state index contributed by atoms with van der Waals surface area (Å²) in [6.07, 6.45) is -0.156. The minimum absolute atomic E-state index is 0.357. The number of likely N-dealkylation sites (N-methyl/N-ethyl adjacent to an activating group) is 1. The Labute approximate surface area is 159 Å². The van der Waals surface area contributed by atoms with Crippen molar-refractivity contribution in [2.75, 3.05) is 26.0 Å². The van der Waals surface area contributed by atoms with Crippen LogP contribution >= 0.6 is 11.3 Å². The van der Waals surface area contributed by atoms with Gasteiger partial charge in [0.05, 0.1) is 11.3 Å². The standard InChI is InChI=1S/C19H19F3N4S/c1-26(2)10-8-16-17(13-5-4-9-23-12-13)25-18(27-16)24-15-7-3-6-14(11-15)19(20,21)22/h3-7,9,11-12H,8,10H2,1-2H3,(H,24,25). The molecular formula is C19H19F3N4S. The molecule has 4 nitrogen and oxygen atoms in total. The van der Waals surface area contributed by atoms with Crippen LogP contribution < -0.4 is 5.32 Å². The Morgan fingerprint density at radius 2 is 1.96 bits per heavy atom. The SMILES string of the molecule is CN(C)CCc1sc(Nc2cccc(C(F)(F)F)c2)nc1-c1cccnc1. The molecule has 0 spiro atoms. The first kappa shape index (κ1) is 19.3. The average molecular weight is 392 g/mol. The number of nitrogens with zero attached hydrogens (tertiary/aromatic N) is 3. The summed E-state index contributed by atoms with van der Waals surface area (Å²) in [6, 6.07) is 8.88. The van der Waals surface area contributed by atoms with Gasteiger partial charge in [-0.3, -0.25) is 4.98 Å². The third-order valence-electron chi connectivity index (χ3n) is 3.86. The van der Waals surface area contributed by atoms with Gasteiger partial charge in [0, 0.05) is 35.1 Å². The maximum atomic E-state index is 12.9. The molecule has 1 N–H and O–H groups in total. The zero-order valence-corrected chi connectivity index (χ0v) is 15.7. The van der Waals surface area contributed by atoms with E-state index in [1.807, 2.05) is 26.2 Å². The fourth-order valence-corrected chi connectivity index (χ4v) is 3.52. The lowest BCUT2D eigenvalue weighted by Gasteiger charge is -2.09. The number of halogens is 3. The molecule has 0 aliphatic rings. The molecule has 0 amide bonds. The second kappa shape index (κ2) is 8.06. The highest BCUT2D eigenvalue weighted by Gasteiger charge is 2.30. The van der Waals surface area contributed by atoms with Crippen molar-refractivity contribution < 1.29 is 13.2 Å². The summed E-state index contributed by atoms with van der Waals surface area (Å²) in [6.45, 7) is 0.846. The molecule has 0 aliphatic carbocycles. The lowest BCUT2D eigenvalue weighted by Crippen LogP contribution is -2.14. The Balaban J connectivity index is 1.90. The summed E-state index contributed by atoms with van der Waals surface area (Å²) in [5.41, 5.74) is 1.36. The van der Waals surface area contributed by atoms with Crippen molar-refractivity contribution in [3.05, 3.63) is 59.2 Å². The van der Waals surface area contributed by atoms with Crippen LogP contribution in [0.2, 0.25) is 0 Å². The Morgan fingerprint density at radius 1 is 1.15 bits per heavy atom. The molecule has 0 fully saturated rings. The number of thiazole rings is 1. The molecule has 142 valence electrons. The minimum atomic E-state index is -4.38. The molecule has 0 aliphatic heterocycles. The van der Waals surface area contributed by atoms with Crippen molar-refractivity contribution in [3.8, 4) is 11.3 Å². The monoisotopic (exact) mass is 392 g/mol. The third-order valence-corrected chi connectivity index (χ3v) is 4.89. The van der Waals surface area contributed by atoms with Gasteiger partial charge < -0.3 is 10.2 Å². The summed E-state index contributed by atoms with van der Waals surface area (Å²) in [4.78, 5) is 11.9. The Hall–Kier alpha value is -2.45. The molecule has 3 rings (SSSR count). The van der Waals surface area contributed by atoms with Crippen LogP contribution in [0, 0.1) is 0 Å². The van der Waals surface area contributed by atoms with Crippen LogP contribution in [0.4, 0.5) is 24.0 Å². The normalized spacial score (nSPS) is 11.8. The van der Waals surface area contributed by atoms with Crippen LogP contribution in [-0.2, 0) is 12.6 Å². The summed E-state index contributed by atoms with van der Waals surface area (Å²) >= 11 is 1.45. The Kier molecular flexibility index (Phi) is 5.76. The molecule has 0 radical (unpaired) electrons. The summed E-state index contributed by atoms with van der Waals surface area (Å²) in [7, 11) is 3.99. The van der Waals surface area contributed by atoms with Gasteiger partial charge >= 0.3 is 6.18 Å². The third kappa shape index (κ3) is 5.05. The van der Waals surface area contributed by atoms with Crippen LogP contribution in [-0.4, -0.2) is 35.5 Å². The zero-order valence-electron chi connectivity index (χ0n) is 14.9. The molecule has 0 saturated heterocycles. The number of aromatic nitrogens is 2. The predicted molar refractivity (Wildman–Crippen MR) is 102 cm³/mol. The highest BCUT2D eigenvalue weighted by atomic mass is 32.1. The Morgan fingerprint density at radius 3 is 2.63 bits per heavy atom. The van der Waals surface area contributed by atoms with E-state index in [0.29, 0.717) is 10.8 Å². The number of rotatable bonds is 6. The predicted octanol–water partition coefficient (Wildman–Crippen LogP) is 5.07. The van der Waals surface area contributed by atoms with Gasteiger partial charge in [0.1, 0.15) is 0 Å². The van der Waals surface area contributed by atoms with E-state index in [0.717, 1.165) is 41.2 Å². The van der Waals surface area contributed by atoms with Crippen LogP contribution in [0.15, 0.2) is 48.8 Å². The molecule has 0 bridgehead atoms. The van der Waals surface area contributed by atoms with Crippen LogP contribution in [0.1, 0.15) is 10.4 Å². The molecule has 0 unspecified atom stereocenters. The van der Waals surface area contributed by atoms with E-state index in [-0.39, 0.29) is 0 Å². The van der Waals surface area contributed by atoms with E-state index >= 15 is 0 Å². The van der Waals surface area contributed by atoms with Gasteiger partial charge in [-0.15, -0.1) is 11.3 Å². The molecule has 8 heteroatoms. The molecule has 2 aromatic heterocycles. The van der Waals surface area contributed by atoms with E-state index < -0.39 is 11.7 Å². The van der Waals surface area contributed by atoms with E-state index in [4.69, 9.17) is 0 Å². The fourth-order valence-electron chi connectivity index (χ4n) is 2.52. The highest BCUT2D eigenvalue weighted by Crippen LogP contribution is 2.35. The van der Waals surface area contributed by atoms with Crippen molar-refractivity contribution in [1.29, 1.82) is 0 Å². The number of benzene rings is 1. The van der Waals surface area contributed by atoms with Gasteiger partial charge in [0.2, 0.25) is 0 Å². The van der Waals surface area contributed by atoms with E-state index in [1.54, 1.807) is 18.5 Å². The Bertz CT molecular complexity index is 891. The van der Waals surface area contributed by atoms with Gasteiger partial charge in [-0.1, -0.05) is 6.07 Å². The van der Waals surface area contributed by atoms with Crippen LogP contribution in [0.5, 0.6) is 0 Å². The van der Waals surface area contributed by atoms with Gasteiger partial charge in [-0.25, -0.2) is 4.98 Å². The maximum Gasteiger partial charge on any atom is 0.416 e. The quantitative estimate of drug-likeness (QED) is 0.636. The van der Waals surface area contributed by atoms with Crippen LogP contribution in [0.3, 0.4) is 0 Å². The number of alkyl halides is 3. The molecule has 3 aromatic rings. The summed E-state index contributed by atoms with van der Waals surface area (Å²) in [5.74, 6) is 0. The smallest absolute Gasteiger partial charge is 0.332 e. The zero-order chi connectivity index (χ0) is 19.4. The number of hydrogen-bond acceptors (Lipinski definition) is 5. The highest BCUT2D eigenvalue weighted by molar-refractivity contribution is 7.16.